The maximum absolute atomic E-state index is 13.3. The average molecular weight is 343 g/mol. The van der Waals surface area contributed by atoms with Crippen LogP contribution in [0, 0.1) is 5.82 Å². The number of fused-ring (bicyclic) bond motifs is 1. The van der Waals surface area contributed by atoms with Crippen molar-refractivity contribution >= 4 is 16.8 Å². The molecule has 2 heterocycles. The van der Waals surface area contributed by atoms with Crippen molar-refractivity contribution in [3.8, 4) is 0 Å². The Hall–Kier alpha value is -3.00. The summed E-state index contributed by atoms with van der Waals surface area (Å²) < 4.78 is 15.0. The summed E-state index contributed by atoms with van der Waals surface area (Å²) in [5.41, 5.74) is 5.44. The predicted octanol–water partition coefficient (Wildman–Crippen LogP) is 1.01. The van der Waals surface area contributed by atoms with Gasteiger partial charge in [-0.2, -0.15) is 5.10 Å². The number of aromatic nitrogens is 3. The van der Waals surface area contributed by atoms with E-state index in [4.69, 9.17) is 5.73 Å². The van der Waals surface area contributed by atoms with Crippen molar-refractivity contribution in [1.29, 1.82) is 0 Å². The molecule has 3 aromatic rings. The van der Waals surface area contributed by atoms with Crippen LogP contribution in [0.5, 0.6) is 0 Å². The quantitative estimate of drug-likeness (QED) is 0.643. The number of hydrogen-bond acceptors (Lipinski definition) is 4. The largest absolute Gasteiger partial charge is 0.350 e. The topological polar surface area (TPSA) is 106 Å². The summed E-state index contributed by atoms with van der Waals surface area (Å²) in [6, 6.07) is 6.86. The minimum Gasteiger partial charge on any atom is -0.350 e. The number of nitrogens with one attached hydrogen (secondary N) is 2. The lowest BCUT2D eigenvalue weighted by molar-refractivity contribution is 0.0944. The minimum absolute atomic E-state index is 0.175. The van der Waals surface area contributed by atoms with Gasteiger partial charge in [-0.15, -0.1) is 0 Å². The summed E-state index contributed by atoms with van der Waals surface area (Å²) in [6.45, 7) is 2.39. The number of nitrogens with two attached hydrogens (primary N) is 1. The lowest BCUT2D eigenvalue weighted by Crippen LogP contribution is -2.50. The molecule has 0 aliphatic heterocycles. The first-order valence-electron chi connectivity index (χ1n) is 7.71. The van der Waals surface area contributed by atoms with E-state index in [9.17, 15) is 14.0 Å². The fourth-order valence-electron chi connectivity index (χ4n) is 2.62. The van der Waals surface area contributed by atoms with Crippen LogP contribution in [0.3, 0.4) is 0 Å². The van der Waals surface area contributed by atoms with E-state index in [0.717, 1.165) is 0 Å². The zero-order valence-corrected chi connectivity index (χ0v) is 13.6. The van der Waals surface area contributed by atoms with Crippen molar-refractivity contribution < 1.29 is 9.18 Å². The molecule has 7 nitrogen and oxygen atoms in total. The maximum Gasteiger partial charge on any atom is 0.252 e. The summed E-state index contributed by atoms with van der Waals surface area (Å²) in [5, 5.41) is 7.29. The smallest absolute Gasteiger partial charge is 0.252 e. The zero-order chi connectivity index (χ0) is 18.0. The van der Waals surface area contributed by atoms with Crippen molar-refractivity contribution in [2.24, 2.45) is 5.73 Å². The van der Waals surface area contributed by atoms with Gasteiger partial charge in [0.15, 0.2) is 0 Å². The van der Waals surface area contributed by atoms with Crippen LogP contribution in [0.4, 0.5) is 4.39 Å². The summed E-state index contributed by atoms with van der Waals surface area (Å²) >= 11 is 0. The summed E-state index contributed by atoms with van der Waals surface area (Å²) in [7, 11) is 0. The third-order valence-corrected chi connectivity index (χ3v) is 3.78. The molecule has 0 radical (unpaired) electrons. The van der Waals surface area contributed by atoms with Gasteiger partial charge in [-0.25, -0.2) is 4.39 Å². The van der Waals surface area contributed by atoms with Gasteiger partial charge in [0, 0.05) is 30.4 Å². The van der Waals surface area contributed by atoms with Crippen LogP contribution in [-0.4, -0.2) is 32.8 Å². The summed E-state index contributed by atoms with van der Waals surface area (Å²) in [5.74, 6) is -0.936. The molecule has 1 amide bonds. The van der Waals surface area contributed by atoms with Crippen molar-refractivity contribution in [1.82, 2.24) is 20.1 Å². The average Bonchev–Trinajstić information content (AvgIpc) is 3.03. The molecule has 1 atom stereocenters. The Labute approximate surface area is 142 Å². The third kappa shape index (κ3) is 3.92. The van der Waals surface area contributed by atoms with Gasteiger partial charge in [-0.3, -0.25) is 14.3 Å². The van der Waals surface area contributed by atoms with Gasteiger partial charge in [-0.05, 0) is 31.2 Å². The second kappa shape index (κ2) is 6.48. The number of amides is 1. The molecule has 2 aromatic heterocycles. The molecule has 3 rings (SSSR count). The standard InChI is InChI=1S/C17H18FN5O2/c1-17(19,10-23-6-2-5-21-23)9-20-16(25)13-8-15(24)22-14-7-11(18)3-4-12(13)14/h2-8H,9-10,19H2,1H3,(H,20,25)(H,22,24). The van der Waals surface area contributed by atoms with Crippen molar-refractivity contribution in [2.75, 3.05) is 6.54 Å². The Morgan fingerprint density at radius 3 is 2.96 bits per heavy atom. The number of benzene rings is 1. The SMILES string of the molecule is CC(N)(CNC(=O)c1cc(=O)[nH]c2cc(F)ccc12)Cn1cccn1. The first kappa shape index (κ1) is 16.8. The van der Waals surface area contributed by atoms with E-state index in [1.54, 1.807) is 30.1 Å². The Morgan fingerprint density at radius 1 is 1.44 bits per heavy atom. The van der Waals surface area contributed by atoms with Gasteiger partial charge in [0.1, 0.15) is 5.82 Å². The van der Waals surface area contributed by atoms with E-state index in [1.807, 2.05) is 0 Å². The van der Waals surface area contributed by atoms with Gasteiger partial charge in [0.25, 0.3) is 5.91 Å². The van der Waals surface area contributed by atoms with E-state index >= 15 is 0 Å². The zero-order valence-electron chi connectivity index (χ0n) is 13.6. The maximum atomic E-state index is 13.3. The van der Waals surface area contributed by atoms with E-state index in [-0.39, 0.29) is 17.6 Å². The van der Waals surface area contributed by atoms with E-state index < -0.39 is 22.8 Å². The molecule has 0 fully saturated rings. The van der Waals surface area contributed by atoms with E-state index in [2.05, 4.69) is 15.4 Å². The molecule has 1 unspecified atom stereocenters. The molecule has 25 heavy (non-hydrogen) atoms. The van der Waals surface area contributed by atoms with Crippen LogP contribution < -0.4 is 16.6 Å². The number of hydrogen-bond donors (Lipinski definition) is 3. The molecule has 130 valence electrons. The fourth-order valence-corrected chi connectivity index (χ4v) is 2.62. The molecule has 0 aliphatic carbocycles. The first-order valence-corrected chi connectivity index (χ1v) is 7.71. The fraction of sp³-hybridized carbons (Fsp3) is 0.235. The predicted molar refractivity (Wildman–Crippen MR) is 91.7 cm³/mol. The second-order valence-electron chi connectivity index (χ2n) is 6.28. The molecular weight excluding hydrogens is 325 g/mol. The van der Waals surface area contributed by atoms with Crippen molar-refractivity contribution in [3.05, 3.63) is 64.5 Å². The number of carbonyl (C=O) groups is 1. The number of nitrogens with zero attached hydrogens (tertiary/aromatic N) is 2. The van der Waals surface area contributed by atoms with Gasteiger partial charge in [-0.1, -0.05) is 0 Å². The molecule has 8 heteroatoms. The number of rotatable bonds is 5. The monoisotopic (exact) mass is 343 g/mol. The highest BCUT2D eigenvalue weighted by atomic mass is 19.1. The van der Waals surface area contributed by atoms with Crippen LogP contribution in [0.15, 0.2) is 47.5 Å². The normalized spacial score (nSPS) is 13.6. The Bertz CT molecular complexity index is 963. The summed E-state index contributed by atoms with van der Waals surface area (Å²) in [6.07, 6.45) is 3.43. The summed E-state index contributed by atoms with van der Waals surface area (Å²) in [4.78, 5) is 26.8. The molecule has 1 aromatic carbocycles. The highest BCUT2D eigenvalue weighted by molar-refractivity contribution is 6.05. The lowest BCUT2D eigenvalue weighted by atomic mass is 10.0. The number of pyridine rings is 1. The highest BCUT2D eigenvalue weighted by Gasteiger charge is 2.22. The van der Waals surface area contributed by atoms with Crippen LogP contribution in [-0.2, 0) is 6.54 Å². The number of H-pyrrole nitrogens is 1. The van der Waals surface area contributed by atoms with Gasteiger partial charge in [0.2, 0.25) is 5.56 Å². The molecule has 0 saturated heterocycles. The van der Waals surface area contributed by atoms with Gasteiger partial charge < -0.3 is 16.0 Å². The minimum atomic E-state index is -0.731. The molecule has 0 bridgehead atoms. The second-order valence-corrected chi connectivity index (χ2v) is 6.28. The molecule has 0 spiro atoms. The number of carbonyl (C=O) groups excluding carboxylic acids is 1. The van der Waals surface area contributed by atoms with Gasteiger partial charge in [0.05, 0.1) is 23.2 Å². The first-order chi connectivity index (χ1) is 11.8. The van der Waals surface area contributed by atoms with Crippen molar-refractivity contribution in [3.63, 3.8) is 0 Å². The van der Waals surface area contributed by atoms with Crippen molar-refractivity contribution in [2.45, 2.75) is 19.0 Å². The number of halogens is 1. The Morgan fingerprint density at radius 2 is 2.24 bits per heavy atom. The van der Waals surface area contributed by atoms with Crippen LogP contribution in [0.25, 0.3) is 10.9 Å². The molecule has 0 aliphatic rings. The number of aromatic amines is 1. The third-order valence-electron chi connectivity index (χ3n) is 3.78. The lowest BCUT2D eigenvalue weighted by Gasteiger charge is -2.25. The van der Waals surface area contributed by atoms with Crippen LogP contribution in [0.2, 0.25) is 0 Å². The van der Waals surface area contributed by atoms with Gasteiger partial charge >= 0.3 is 0 Å². The molecular formula is C17H18FN5O2. The molecule has 0 saturated carbocycles. The highest BCUT2D eigenvalue weighted by Crippen LogP contribution is 2.16. The molecule has 4 N–H and O–H groups in total. The van der Waals surface area contributed by atoms with Crippen LogP contribution >= 0.6 is 0 Å². The van der Waals surface area contributed by atoms with E-state index in [0.29, 0.717) is 11.9 Å². The Balaban J connectivity index is 1.79. The van der Waals surface area contributed by atoms with Crippen LogP contribution in [0.1, 0.15) is 17.3 Å². The van der Waals surface area contributed by atoms with E-state index in [1.165, 1.54) is 24.3 Å². The Kier molecular flexibility index (Phi) is 4.37.